The molecule has 0 spiro atoms. The van der Waals surface area contributed by atoms with Gasteiger partial charge in [0.1, 0.15) is 6.26 Å². The van der Waals surface area contributed by atoms with Gasteiger partial charge in [-0.2, -0.15) is 0 Å². The molecule has 1 saturated heterocycles. The summed E-state index contributed by atoms with van der Waals surface area (Å²) in [7, 11) is 0. The molecule has 160 valence electrons. The minimum Gasteiger partial charge on any atom is -0.364 e. The van der Waals surface area contributed by atoms with Gasteiger partial charge in [0.15, 0.2) is 5.96 Å². The van der Waals surface area contributed by atoms with Gasteiger partial charge < -0.3 is 14.7 Å². The number of piperazine rings is 1. The van der Waals surface area contributed by atoms with Crippen LogP contribution in [0.25, 0.3) is 0 Å². The molecule has 1 N–H and O–H groups in total. The van der Waals surface area contributed by atoms with Crippen molar-refractivity contribution >= 4 is 29.9 Å². The lowest BCUT2D eigenvalue weighted by Gasteiger charge is -2.36. The molecule has 0 aliphatic carbocycles. The fourth-order valence-electron chi connectivity index (χ4n) is 3.57. The van der Waals surface area contributed by atoms with Crippen molar-refractivity contribution in [3.8, 4) is 0 Å². The van der Waals surface area contributed by atoms with Gasteiger partial charge in [-0.05, 0) is 24.5 Å². The van der Waals surface area contributed by atoms with Gasteiger partial charge in [-0.15, -0.1) is 24.0 Å². The maximum absolute atomic E-state index is 4.99. The molecule has 1 aliphatic heterocycles. The lowest BCUT2D eigenvalue weighted by Crippen LogP contribution is -2.52. The molecule has 29 heavy (non-hydrogen) atoms. The molecular weight excluding hydrogens is 479 g/mol. The fourth-order valence-corrected chi connectivity index (χ4v) is 3.57. The first-order chi connectivity index (χ1) is 13.7. The zero-order chi connectivity index (χ0) is 19.8. The highest BCUT2D eigenvalue weighted by Crippen LogP contribution is 2.24. The number of nitrogens with zero attached hydrogens (tertiary/aromatic N) is 5. The van der Waals surface area contributed by atoms with E-state index in [1.54, 1.807) is 6.26 Å². The summed E-state index contributed by atoms with van der Waals surface area (Å²) in [5.41, 5.74) is 2.25. The summed E-state index contributed by atoms with van der Waals surface area (Å²) in [6.45, 7) is 13.0. The second-order valence-electron chi connectivity index (χ2n) is 7.59. The van der Waals surface area contributed by atoms with Gasteiger partial charge >= 0.3 is 0 Å². The standard InChI is InChI=1S/C21H32N6O.HI/c1-4-23-21(24-15-20(17(2)3)18-6-5-8-22-14-18)27-11-9-26(10-12-27)16-19-7-13-28-25-19;/h5-8,13-14,17,20H,4,9-12,15-16H2,1-3H3,(H,23,24);1H. The van der Waals surface area contributed by atoms with E-state index in [9.17, 15) is 0 Å². The lowest BCUT2D eigenvalue weighted by molar-refractivity contribution is 0.169. The molecule has 2 aromatic heterocycles. The molecule has 0 radical (unpaired) electrons. The molecule has 1 unspecified atom stereocenters. The Morgan fingerprint density at radius 1 is 1.24 bits per heavy atom. The molecule has 3 heterocycles. The van der Waals surface area contributed by atoms with E-state index >= 15 is 0 Å². The Morgan fingerprint density at radius 2 is 2.03 bits per heavy atom. The van der Waals surface area contributed by atoms with E-state index in [1.165, 1.54) is 5.56 Å². The number of pyridine rings is 1. The van der Waals surface area contributed by atoms with E-state index < -0.39 is 0 Å². The molecular formula is C21H33IN6O. The monoisotopic (exact) mass is 512 g/mol. The smallest absolute Gasteiger partial charge is 0.194 e. The summed E-state index contributed by atoms with van der Waals surface area (Å²) < 4.78 is 4.94. The van der Waals surface area contributed by atoms with Gasteiger partial charge in [0.25, 0.3) is 0 Å². The average molecular weight is 512 g/mol. The Balaban J connectivity index is 0.00000300. The molecule has 8 heteroatoms. The largest absolute Gasteiger partial charge is 0.364 e. The molecule has 0 saturated carbocycles. The van der Waals surface area contributed by atoms with Gasteiger partial charge in [-0.25, -0.2) is 0 Å². The van der Waals surface area contributed by atoms with Crippen molar-refractivity contribution in [1.29, 1.82) is 0 Å². The summed E-state index contributed by atoms with van der Waals surface area (Å²) in [5, 5.41) is 7.49. The molecule has 0 amide bonds. The Morgan fingerprint density at radius 3 is 2.62 bits per heavy atom. The summed E-state index contributed by atoms with van der Waals surface area (Å²) in [6.07, 6.45) is 5.43. The highest BCUT2D eigenvalue weighted by atomic mass is 127. The fraction of sp³-hybridized carbons (Fsp3) is 0.571. The number of nitrogens with one attached hydrogen (secondary N) is 1. The molecule has 3 rings (SSSR count). The predicted octanol–water partition coefficient (Wildman–Crippen LogP) is 3.21. The van der Waals surface area contributed by atoms with Crippen LogP contribution >= 0.6 is 24.0 Å². The van der Waals surface area contributed by atoms with Crippen molar-refractivity contribution in [3.63, 3.8) is 0 Å². The summed E-state index contributed by atoms with van der Waals surface area (Å²) in [4.78, 5) is 14.1. The van der Waals surface area contributed by atoms with Crippen LogP contribution in [0.5, 0.6) is 0 Å². The van der Waals surface area contributed by atoms with Gasteiger partial charge in [-0.1, -0.05) is 25.1 Å². The minimum absolute atomic E-state index is 0. The van der Waals surface area contributed by atoms with Gasteiger partial charge in [0.05, 0.1) is 5.69 Å². The van der Waals surface area contributed by atoms with E-state index in [2.05, 4.69) is 52.1 Å². The molecule has 1 aliphatic rings. The van der Waals surface area contributed by atoms with Crippen LogP contribution in [0.3, 0.4) is 0 Å². The molecule has 0 aromatic carbocycles. The zero-order valence-electron chi connectivity index (χ0n) is 17.6. The van der Waals surface area contributed by atoms with Crippen LogP contribution in [0, 0.1) is 5.92 Å². The van der Waals surface area contributed by atoms with Crippen LogP contribution in [-0.4, -0.2) is 65.2 Å². The number of aromatic nitrogens is 2. The third-order valence-electron chi connectivity index (χ3n) is 5.24. The van der Waals surface area contributed by atoms with Crippen molar-refractivity contribution < 1.29 is 4.52 Å². The normalized spacial score (nSPS) is 16.6. The van der Waals surface area contributed by atoms with Crippen LogP contribution in [0.4, 0.5) is 0 Å². The third-order valence-corrected chi connectivity index (χ3v) is 5.24. The molecule has 1 fully saturated rings. The Kier molecular flexibility index (Phi) is 9.86. The first-order valence-corrected chi connectivity index (χ1v) is 10.2. The van der Waals surface area contributed by atoms with Crippen LogP contribution in [-0.2, 0) is 6.54 Å². The quantitative estimate of drug-likeness (QED) is 0.349. The topological polar surface area (TPSA) is 69.8 Å². The second kappa shape index (κ2) is 12.1. The maximum atomic E-state index is 4.99. The van der Waals surface area contributed by atoms with Gasteiger partial charge in [-0.3, -0.25) is 14.9 Å². The molecule has 0 bridgehead atoms. The number of hydrogen-bond acceptors (Lipinski definition) is 5. The van der Waals surface area contributed by atoms with E-state index in [4.69, 9.17) is 9.52 Å². The zero-order valence-corrected chi connectivity index (χ0v) is 20.0. The minimum atomic E-state index is 0. The van der Waals surface area contributed by atoms with E-state index in [-0.39, 0.29) is 24.0 Å². The Hall–Kier alpha value is -1.68. The molecule has 7 nitrogen and oxygen atoms in total. The van der Waals surface area contributed by atoms with Crippen LogP contribution in [0.1, 0.15) is 37.9 Å². The van der Waals surface area contributed by atoms with Crippen molar-refractivity contribution in [2.75, 3.05) is 39.3 Å². The average Bonchev–Trinajstić information content (AvgIpc) is 3.22. The number of aliphatic imine (C=N–C) groups is 1. The summed E-state index contributed by atoms with van der Waals surface area (Å²) in [5.74, 6) is 1.89. The van der Waals surface area contributed by atoms with Crippen LogP contribution in [0.15, 0.2) is 46.4 Å². The van der Waals surface area contributed by atoms with Gasteiger partial charge in [0.2, 0.25) is 0 Å². The van der Waals surface area contributed by atoms with Crippen molar-refractivity contribution in [3.05, 3.63) is 48.1 Å². The third kappa shape index (κ3) is 6.95. The SMILES string of the molecule is CCNC(=NCC(c1cccnc1)C(C)C)N1CCN(Cc2ccon2)CC1.I. The Labute approximate surface area is 191 Å². The van der Waals surface area contributed by atoms with Crippen LogP contribution < -0.4 is 5.32 Å². The van der Waals surface area contributed by atoms with E-state index in [0.29, 0.717) is 11.8 Å². The maximum Gasteiger partial charge on any atom is 0.194 e. The second-order valence-corrected chi connectivity index (χ2v) is 7.59. The predicted molar refractivity (Wildman–Crippen MR) is 127 cm³/mol. The van der Waals surface area contributed by atoms with Crippen molar-refractivity contribution in [1.82, 2.24) is 25.3 Å². The number of rotatable bonds is 7. The lowest BCUT2D eigenvalue weighted by atomic mass is 9.89. The number of halogens is 1. The van der Waals surface area contributed by atoms with Crippen molar-refractivity contribution in [2.45, 2.75) is 33.2 Å². The van der Waals surface area contributed by atoms with E-state index in [0.717, 1.165) is 57.5 Å². The molecule has 1 atom stereocenters. The van der Waals surface area contributed by atoms with E-state index in [1.807, 2.05) is 24.5 Å². The first-order valence-electron chi connectivity index (χ1n) is 10.2. The van der Waals surface area contributed by atoms with Gasteiger partial charge in [0, 0.05) is 70.2 Å². The van der Waals surface area contributed by atoms with Crippen LogP contribution in [0.2, 0.25) is 0 Å². The number of hydrogen-bond donors (Lipinski definition) is 1. The number of guanidine groups is 1. The Bertz CT molecular complexity index is 714. The summed E-state index contributed by atoms with van der Waals surface area (Å²) >= 11 is 0. The van der Waals surface area contributed by atoms with Crippen molar-refractivity contribution in [2.24, 2.45) is 10.9 Å². The highest BCUT2D eigenvalue weighted by Gasteiger charge is 2.21. The molecule has 2 aromatic rings. The first kappa shape index (κ1) is 23.6. The highest BCUT2D eigenvalue weighted by molar-refractivity contribution is 14.0. The summed E-state index contributed by atoms with van der Waals surface area (Å²) in [6, 6.07) is 6.10.